The molecule has 11 nitrogen and oxygen atoms in total. The first kappa shape index (κ1) is 24.8. The zero-order valence-corrected chi connectivity index (χ0v) is 20.3. The normalized spacial score (nSPS) is 16.1. The lowest BCUT2D eigenvalue weighted by Gasteiger charge is -2.28. The van der Waals surface area contributed by atoms with Crippen molar-refractivity contribution in [3.05, 3.63) is 81.1 Å². The fourth-order valence-electron chi connectivity index (χ4n) is 3.88. The average molecular weight is 519 g/mol. The lowest BCUT2D eigenvalue weighted by Crippen LogP contribution is -2.44. The minimum absolute atomic E-state index is 0.103. The Bertz CT molecular complexity index is 1320. The van der Waals surface area contributed by atoms with E-state index >= 15 is 0 Å². The van der Waals surface area contributed by atoms with E-state index in [1.807, 2.05) is 24.1 Å². The number of hydrogen-bond acceptors (Lipinski definition) is 9. The lowest BCUT2D eigenvalue weighted by molar-refractivity contribution is -0.384. The molecule has 0 amide bonds. The lowest BCUT2D eigenvalue weighted by atomic mass is 10.2. The monoisotopic (exact) mass is 518 g/mol. The number of aliphatic hydroxyl groups is 1. The molecule has 1 aromatic heterocycles. The smallest absolute Gasteiger partial charge is 0.269 e. The maximum atomic E-state index is 13.6. The third kappa shape index (κ3) is 5.20. The molecule has 3 aromatic rings. The van der Waals surface area contributed by atoms with E-state index in [4.69, 9.17) is 11.6 Å². The number of rotatable bonds is 7. The SMILES string of the molecule is CN(Cc1ccc(Cl)cc1)c1ncnc2c1CN(S(=O)(=O)c1ccc([N+](=O)[O-])cc1)[C@H](CO)CN2. The minimum Gasteiger partial charge on any atom is -0.395 e. The van der Waals surface area contributed by atoms with Crippen LogP contribution in [0, 0.1) is 10.1 Å². The van der Waals surface area contributed by atoms with Gasteiger partial charge >= 0.3 is 0 Å². The van der Waals surface area contributed by atoms with Crippen LogP contribution in [0.3, 0.4) is 0 Å². The first-order valence-electron chi connectivity index (χ1n) is 10.6. The molecular formula is C22H23ClN6O5S. The van der Waals surface area contributed by atoms with Crippen molar-refractivity contribution >= 4 is 38.9 Å². The number of nitrogens with zero attached hydrogens (tertiary/aromatic N) is 5. The van der Waals surface area contributed by atoms with Crippen LogP contribution in [0.5, 0.6) is 0 Å². The summed E-state index contributed by atoms with van der Waals surface area (Å²) < 4.78 is 28.3. The Morgan fingerprint density at radius 1 is 1.20 bits per heavy atom. The summed E-state index contributed by atoms with van der Waals surface area (Å²) >= 11 is 5.98. The molecule has 0 bridgehead atoms. The van der Waals surface area contributed by atoms with Crippen LogP contribution < -0.4 is 10.2 Å². The van der Waals surface area contributed by atoms with Gasteiger partial charge in [-0.3, -0.25) is 10.1 Å². The standard InChI is InChI=1S/C22H23ClN6O5S/c1-27(11-15-2-4-16(23)5-3-15)22-20-12-28(18(13-30)10-24-21(20)25-14-26-22)35(33,34)19-8-6-17(7-9-19)29(31)32/h2-9,14,18,30H,10-13H2,1H3,(H,24,25,26)/t18-/m0/s1. The zero-order chi connectivity index (χ0) is 25.2. The summed E-state index contributed by atoms with van der Waals surface area (Å²) in [7, 11) is -2.28. The molecule has 184 valence electrons. The topological polar surface area (TPSA) is 142 Å². The van der Waals surface area contributed by atoms with Crippen LogP contribution in [-0.4, -0.2) is 59.0 Å². The molecule has 0 spiro atoms. The summed E-state index contributed by atoms with van der Waals surface area (Å²) in [6.07, 6.45) is 1.40. The molecule has 2 aromatic carbocycles. The summed E-state index contributed by atoms with van der Waals surface area (Å²) in [5, 5.41) is 24.7. The van der Waals surface area contributed by atoms with E-state index in [-0.39, 0.29) is 23.7 Å². The fraction of sp³-hybridized carbons (Fsp3) is 0.273. The molecule has 2 heterocycles. The van der Waals surface area contributed by atoms with Gasteiger partial charge in [-0.15, -0.1) is 0 Å². The van der Waals surface area contributed by atoms with Gasteiger partial charge in [0, 0.05) is 43.8 Å². The van der Waals surface area contributed by atoms with Crippen molar-refractivity contribution in [3.63, 3.8) is 0 Å². The molecular weight excluding hydrogens is 496 g/mol. The van der Waals surface area contributed by atoms with Crippen molar-refractivity contribution in [1.29, 1.82) is 0 Å². The van der Waals surface area contributed by atoms with Crippen LogP contribution in [0.1, 0.15) is 11.1 Å². The summed E-state index contributed by atoms with van der Waals surface area (Å²) in [5.74, 6) is 0.998. The average Bonchev–Trinajstić information content (AvgIpc) is 3.05. The van der Waals surface area contributed by atoms with Crippen LogP contribution in [0.15, 0.2) is 59.8 Å². The number of sulfonamides is 1. The predicted molar refractivity (Wildman–Crippen MR) is 131 cm³/mol. The molecule has 2 N–H and O–H groups in total. The summed E-state index contributed by atoms with van der Waals surface area (Å²) in [6, 6.07) is 11.2. The van der Waals surface area contributed by atoms with Gasteiger partial charge in [-0.25, -0.2) is 18.4 Å². The molecule has 0 unspecified atom stereocenters. The largest absolute Gasteiger partial charge is 0.395 e. The number of anilines is 2. The maximum Gasteiger partial charge on any atom is 0.269 e. The van der Waals surface area contributed by atoms with Gasteiger partial charge in [-0.05, 0) is 29.8 Å². The Balaban J connectivity index is 1.69. The Hall–Kier alpha value is -3.32. The van der Waals surface area contributed by atoms with E-state index in [0.717, 1.165) is 17.7 Å². The highest BCUT2D eigenvalue weighted by Gasteiger charge is 2.36. The highest BCUT2D eigenvalue weighted by Crippen LogP contribution is 2.32. The molecule has 1 aliphatic heterocycles. The first-order chi connectivity index (χ1) is 16.7. The van der Waals surface area contributed by atoms with E-state index in [2.05, 4.69) is 15.3 Å². The number of hydrogen-bond donors (Lipinski definition) is 2. The number of non-ortho nitro benzene ring substituents is 1. The quantitative estimate of drug-likeness (QED) is 0.356. The third-order valence-corrected chi connectivity index (χ3v) is 7.87. The van der Waals surface area contributed by atoms with Crippen molar-refractivity contribution in [1.82, 2.24) is 14.3 Å². The van der Waals surface area contributed by atoms with Gasteiger partial charge < -0.3 is 15.3 Å². The third-order valence-electron chi connectivity index (χ3n) is 5.71. The first-order valence-corrected chi connectivity index (χ1v) is 12.4. The molecule has 0 fully saturated rings. The van der Waals surface area contributed by atoms with Crippen LogP contribution in [0.25, 0.3) is 0 Å². The summed E-state index contributed by atoms with van der Waals surface area (Å²) in [6.45, 7) is 0.0663. The molecule has 13 heteroatoms. The second-order valence-electron chi connectivity index (χ2n) is 8.03. The van der Waals surface area contributed by atoms with Crippen molar-refractivity contribution < 1.29 is 18.4 Å². The number of halogens is 1. The Labute approximate surface area is 207 Å². The summed E-state index contributed by atoms with van der Waals surface area (Å²) in [5.41, 5.74) is 1.31. The molecule has 4 rings (SSSR count). The minimum atomic E-state index is -4.12. The highest BCUT2D eigenvalue weighted by atomic mass is 35.5. The number of aliphatic hydroxyl groups excluding tert-OH is 1. The highest BCUT2D eigenvalue weighted by molar-refractivity contribution is 7.89. The van der Waals surface area contributed by atoms with Gasteiger partial charge in [0.15, 0.2) is 0 Å². The van der Waals surface area contributed by atoms with Gasteiger partial charge in [0.25, 0.3) is 5.69 Å². The number of benzene rings is 2. The van der Waals surface area contributed by atoms with Gasteiger partial charge in [0.05, 0.1) is 28.0 Å². The number of nitrogens with one attached hydrogen (secondary N) is 1. The fourth-order valence-corrected chi connectivity index (χ4v) is 5.59. The van der Waals surface area contributed by atoms with E-state index < -0.39 is 27.6 Å². The Kier molecular flexibility index (Phi) is 7.17. The molecule has 0 saturated carbocycles. The molecule has 0 radical (unpaired) electrons. The number of nitro benzene ring substituents is 1. The van der Waals surface area contributed by atoms with Crippen molar-refractivity contribution in [2.75, 3.05) is 30.4 Å². The second-order valence-corrected chi connectivity index (χ2v) is 10.4. The Morgan fingerprint density at radius 2 is 1.89 bits per heavy atom. The Morgan fingerprint density at radius 3 is 2.51 bits per heavy atom. The zero-order valence-electron chi connectivity index (χ0n) is 18.7. The molecule has 1 atom stereocenters. The predicted octanol–water partition coefficient (Wildman–Crippen LogP) is 2.65. The van der Waals surface area contributed by atoms with Gasteiger partial charge in [-0.1, -0.05) is 23.7 Å². The maximum absolute atomic E-state index is 13.6. The van der Waals surface area contributed by atoms with Gasteiger partial charge in [0.2, 0.25) is 10.0 Å². The molecule has 0 aliphatic carbocycles. The van der Waals surface area contributed by atoms with E-state index in [9.17, 15) is 23.6 Å². The van der Waals surface area contributed by atoms with Crippen molar-refractivity contribution in [2.45, 2.75) is 24.0 Å². The van der Waals surface area contributed by atoms with E-state index in [1.165, 1.54) is 22.8 Å². The van der Waals surface area contributed by atoms with Crippen LogP contribution in [0.2, 0.25) is 5.02 Å². The summed E-state index contributed by atoms with van der Waals surface area (Å²) in [4.78, 5) is 20.8. The molecule has 0 saturated heterocycles. The number of nitro groups is 1. The molecule has 1 aliphatic rings. The van der Waals surface area contributed by atoms with E-state index in [0.29, 0.717) is 28.8 Å². The van der Waals surface area contributed by atoms with Gasteiger partial charge in [-0.2, -0.15) is 4.31 Å². The van der Waals surface area contributed by atoms with Crippen LogP contribution in [-0.2, 0) is 23.1 Å². The van der Waals surface area contributed by atoms with Crippen LogP contribution >= 0.6 is 11.6 Å². The second kappa shape index (κ2) is 10.1. The van der Waals surface area contributed by atoms with Crippen molar-refractivity contribution in [2.24, 2.45) is 0 Å². The van der Waals surface area contributed by atoms with E-state index in [1.54, 1.807) is 12.1 Å². The number of fused-ring (bicyclic) bond motifs is 1. The van der Waals surface area contributed by atoms with Gasteiger partial charge in [0.1, 0.15) is 18.0 Å². The van der Waals surface area contributed by atoms with Crippen LogP contribution in [0.4, 0.5) is 17.3 Å². The van der Waals surface area contributed by atoms with Crippen molar-refractivity contribution in [3.8, 4) is 0 Å². The molecule has 35 heavy (non-hydrogen) atoms. The number of aromatic nitrogens is 2.